The van der Waals surface area contributed by atoms with Crippen molar-refractivity contribution >= 4 is 29.6 Å². The Hall–Kier alpha value is -2.84. The highest BCUT2D eigenvalue weighted by Gasteiger charge is 2.41. The molecule has 174 valence electrons. The van der Waals surface area contributed by atoms with Gasteiger partial charge in [0, 0.05) is 23.7 Å². The highest BCUT2D eigenvalue weighted by molar-refractivity contribution is 7.99. The molecule has 0 aliphatic carbocycles. The van der Waals surface area contributed by atoms with E-state index in [1.165, 1.54) is 49.7 Å². The van der Waals surface area contributed by atoms with Crippen LogP contribution < -0.4 is 16.0 Å². The molecule has 7 nitrogen and oxygen atoms in total. The van der Waals surface area contributed by atoms with E-state index < -0.39 is 11.6 Å². The number of amides is 4. The quantitative estimate of drug-likeness (QED) is 0.410. The SMILES string of the molecule is C[C@@]1(CSc2ccccc2C(=O)NCc2ccc(CN3CCCCC3)cc2)NC(=O)NC1=O. The van der Waals surface area contributed by atoms with E-state index >= 15 is 0 Å². The van der Waals surface area contributed by atoms with Gasteiger partial charge < -0.3 is 10.6 Å². The Morgan fingerprint density at radius 1 is 1.03 bits per heavy atom. The van der Waals surface area contributed by atoms with E-state index in [1.54, 1.807) is 13.0 Å². The molecule has 2 aliphatic rings. The van der Waals surface area contributed by atoms with Gasteiger partial charge in [-0.3, -0.25) is 19.8 Å². The predicted octanol–water partition coefficient (Wildman–Crippen LogP) is 3.29. The fourth-order valence-corrected chi connectivity index (χ4v) is 5.24. The lowest BCUT2D eigenvalue weighted by Crippen LogP contribution is -2.46. The smallest absolute Gasteiger partial charge is 0.322 e. The van der Waals surface area contributed by atoms with Crippen LogP contribution in [0.4, 0.5) is 4.79 Å². The Bertz CT molecular complexity index is 1020. The van der Waals surface area contributed by atoms with Crippen molar-refractivity contribution < 1.29 is 14.4 Å². The molecule has 33 heavy (non-hydrogen) atoms. The van der Waals surface area contributed by atoms with Gasteiger partial charge in [0.15, 0.2) is 0 Å². The van der Waals surface area contributed by atoms with Crippen LogP contribution in [0.25, 0.3) is 0 Å². The van der Waals surface area contributed by atoms with Crippen molar-refractivity contribution in [2.24, 2.45) is 0 Å². The molecule has 0 spiro atoms. The van der Waals surface area contributed by atoms with Crippen LogP contribution in [-0.4, -0.2) is 47.1 Å². The van der Waals surface area contributed by atoms with Crippen LogP contribution >= 0.6 is 11.8 Å². The molecule has 0 aromatic heterocycles. The Balaban J connectivity index is 1.32. The van der Waals surface area contributed by atoms with Crippen LogP contribution in [-0.2, 0) is 17.9 Å². The number of thioether (sulfide) groups is 1. The maximum absolute atomic E-state index is 12.9. The number of imide groups is 1. The zero-order valence-corrected chi connectivity index (χ0v) is 19.7. The minimum atomic E-state index is -0.999. The monoisotopic (exact) mass is 466 g/mol. The minimum Gasteiger partial charge on any atom is -0.348 e. The Kier molecular flexibility index (Phi) is 7.35. The fraction of sp³-hybridized carbons (Fsp3) is 0.400. The summed E-state index contributed by atoms with van der Waals surface area (Å²) in [5, 5.41) is 7.91. The molecule has 8 heteroatoms. The van der Waals surface area contributed by atoms with Crippen LogP contribution in [0.2, 0.25) is 0 Å². The highest BCUT2D eigenvalue weighted by atomic mass is 32.2. The van der Waals surface area contributed by atoms with Gasteiger partial charge in [0.05, 0.1) is 5.56 Å². The van der Waals surface area contributed by atoms with Crippen LogP contribution in [0, 0.1) is 0 Å². The number of nitrogens with one attached hydrogen (secondary N) is 3. The molecule has 0 radical (unpaired) electrons. The lowest BCUT2D eigenvalue weighted by atomic mass is 10.1. The molecule has 2 fully saturated rings. The topological polar surface area (TPSA) is 90.5 Å². The number of rotatable bonds is 8. The standard InChI is InChI=1S/C25H30N4O3S/c1-25(23(31)27-24(32)28-25)17-33-21-8-4-3-7-20(21)22(30)26-15-18-9-11-19(12-10-18)16-29-13-5-2-6-14-29/h3-4,7-12H,2,5-6,13-17H2,1H3,(H,26,30)(H2,27,28,31,32)/t25-/m0/s1. The summed E-state index contributed by atoms with van der Waals surface area (Å²) >= 11 is 1.38. The Labute approximate surface area is 198 Å². The number of hydrogen-bond donors (Lipinski definition) is 3. The third-order valence-electron chi connectivity index (χ3n) is 6.10. The van der Waals surface area contributed by atoms with Gasteiger partial charge in [0.2, 0.25) is 0 Å². The zero-order valence-electron chi connectivity index (χ0n) is 18.9. The van der Waals surface area contributed by atoms with Crippen molar-refractivity contribution in [2.75, 3.05) is 18.8 Å². The second-order valence-corrected chi connectivity index (χ2v) is 9.88. The highest BCUT2D eigenvalue weighted by Crippen LogP contribution is 2.27. The largest absolute Gasteiger partial charge is 0.348 e. The fourth-order valence-electron chi connectivity index (χ4n) is 4.10. The van der Waals surface area contributed by atoms with Crippen molar-refractivity contribution in [3.63, 3.8) is 0 Å². The summed E-state index contributed by atoms with van der Waals surface area (Å²) in [6.07, 6.45) is 3.90. The second kappa shape index (κ2) is 10.4. The molecule has 4 amide bonds. The Morgan fingerprint density at radius 3 is 2.42 bits per heavy atom. The minimum absolute atomic E-state index is 0.166. The number of nitrogens with zero attached hydrogens (tertiary/aromatic N) is 1. The van der Waals surface area contributed by atoms with Crippen LogP contribution in [0.5, 0.6) is 0 Å². The number of hydrogen-bond acceptors (Lipinski definition) is 5. The first kappa shape index (κ1) is 23.3. The normalized spacial score (nSPS) is 20.9. The first-order chi connectivity index (χ1) is 15.9. The third-order valence-corrected chi connectivity index (χ3v) is 7.49. The van der Waals surface area contributed by atoms with Crippen molar-refractivity contribution in [2.45, 2.75) is 49.7 Å². The maximum Gasteiger partial charge on any atom is 0.322 e. The molecule has 1 atom stereocenters. The molecule has 0 unspecified atom stereocenters. The average Bonchev–Trinajstić information content (AvgIpc) is 3.09. The molecule has 3 N–H and O–H groups in total. The number of carbonyl (C=O) groups is 3. The van der Waals surface area contributed by atoms with Gasteiger partial charge in [-0.15, -0.1) is 11.8 Å². The molecule has 2 heterocycles. The maximum atomic E-state index is 12.9. The van der Waals surface area contributed by atoms with E-state index in [0.29, 0.717) is 17.9 Å². The van der Waals surface area contributed by atoms with Gasteiger partial charge in [-0.25, -0.2) is 4.79 Å². The van der Waals surface area contributed by atoms with Gasteiger partial charge in [-0.05, 0) is 56.1 Å². The Morgan fingerprint density at radius 2 is 1.73 bits per heavy atom. The van der Waals surface area contributed by atoms with Crippen LogP contribution in [0.3, 0.4) is 0 Å². The summed E-state index contributed by atoms with van der Waals surface area (Å²) in [5.74, 6) is -0.195. The summed E-state index contributed by atoms with van der Waals surface area (Å²) in [4.78, 5) is 39.7. The molecule has 2 aromatic rings. The van der Waals surface area contributed by atoms with Crippen LogP contribution in [0.15, 0.2) is 53.4 Å². The predicted molar refractivity (Wildman–Crippen MR) is 129 cm³/mol. The molecule has 0 saturated carbocycles. The van der Waals surface area contributed by atoms with Crippen LogP contribution in [0.1, 0.15) is 47.7 Å². The summed E-state index contributed by atoms with van der Waals surface area (Å²) in [7, 11) is 0. The van der Waals surface area contributed by atoms with Gasteiger partial charge in [-0.1, -0.05) is 42.8 Å². The van der Waals surface area contributed by atoms with Gasteiger partial charge in [-0.2, -0.15) is 0 Å². The van der Waals surface area contributed by atoms with Gasteiger partial charge >= 0.3 is 6.03 Å². The van der Waals surface area contributed by atoms with E-state index in [2.05, 4.69) is 45.1 Å². The molecule has 4 rings (SSSR count). The van der Waals surface area contributed by atoms with Crippen molar-refractivity contribution in [3.05, 3.63) is 65.2 Å². The molecule has 2 saturated heterocycles. The molecule has 2 aliphatic heterocycles. The molecule has 2 aromatic carbocycles. The second-order valence-electron chi connectivity index (χ2n) is 8.86. The summed E-state index contributed by atoms with van der Waals surface area (Å²) in [5.41, 5.74) is 1.90. The molecular weight excluding hydrogens is 436 g/mol. The summed E-state index contributed by atoms with van der Waals surface area (Å²) in [6, 6.07) is 15.2. The van der Waals surface area contributed by atoms with E-state index in [1.807, 2.05) is 18.2 Å². The zero-order chi connectivity index (χ0) is 23.3. The van der Waals surface area contributed by atoms with Crippen molar-refractivity contribution in [1.29, 1.82) is 0 Å². The molecule has 0 bridgehead atoms. The van der Waals surface area contributed by atoms with Crippen molar-refractivity contribution in [3.8, 4) is 0 Å². The summed E-state index contributed by atoms with van der Waals surface area (Å²) in [6.45, 7) is 5.45. The van der Waals surface area contributed by atoms with E-state index in [-0.39, 0.29) is 11.8 Å². The van der Waals surface area contributed by atoms with E-state index in [0.717, 1.165) is 17.0 Å². The molecular formula is C25H30N4O3S. The number of likely N-dealkylation sites (tertiary alicyclic amines) is 1. The number of piperidine rings is 1. The van der Waals surface area contributed by atoms with E-state index in [4.69, 9.17) is 0 Å². The van der Waals surface area contributed by atoms with Gasteiger partial charge in [0.25, 0.3) is 11.8 Å². The lowest BCUT2D eigenvalue weighted by molar-refractivity contribution is -0.122. The van der Waals surface area contributed by atoms with E-state index in [9.17, 15) is 14.4 Å². The van der Waals surface area contributed by atoms with Gasteiger partial charge in [0.1, 0.15) is 5.54 Å². The summed E-state index contributed by atoms with van der Waals surface area (Å²) < 4.78 is 0. The number of urea groups is 1. The number of carbonyl (C=O) groups excluding carboxylic acids is 3. The van der Waals surface area contributed by atoms with Crippen molar-refractivity contribution in [1.82, 2.24) is 20.9 Å². The first-order valence-electron chi connectivity index (χ1n) is 11.4. The number of benzene rings is 2. The third kappa shape index (κ3) is 5.94. The lowest BCUT2D eigenvalue weighted by Gasteiger charge is -2.26. The average molecular weight is 467 g/mol. The first-order valence-corrected chi connectivity index (χ1v) is 12.4.